The highest BCUT2D eigenvalue weighted by atomic mass is 19.4. The van der Waals surface area contributed by atoms with Gasteiger partial charge in [-0.2, -0.15) is 0 Å². The quantitative estimate of drug-likeness (QED) is 0.762. The average Bonchev–Trinajstić information content (AvgIpc) is 3.00. The minimum Gasteiger partial charge on any atom is -0.476 e. The molecule has 0 spiro atoms. The number of hydrogen-bond donors (Lipinski definition) is 1. The second-order valence-corrected chi connectivity index (χ2v) is 5.41. The first-order valence-electron chi connectivity index (χ1n) is 7.37. The number of rotatable bonds is 4. The van der Waals surface area contributed by atoms with Gasteiger partial charge in [0.05, 0.1) is 5.69 Å². The van der Waals surface area contributed by atoms with Crippen molar-refractivity contribution in [2.75, 3.05) is 0 Å². The normalized spacial score (nSPS) is 11.4. The SMILES string of the molecule is Cc1ccc(-c2c(C(=O)O)nnn2-c2ccc(OC(F)(F)F)cc2)cc1. The van der Waals surface area contributed by atoms with E-state index in [0.29, 0.717) is 11.3 Å². The van der Waals surface area contributed by atoms with E-state index in [1.807, 2.05) is 6.92 Å². The first-order chi connectivity index (χ1) is 12.2. The van der Waals surface area contributed by atoms with Crippen LogP contribution < -0.4 is 4.74 Å². The van der Waals surface area contributed by atoms with Crippen LogP contribution in [0.3, 0.4) is 0 Å². The molecule has 0 atom stereocenters. The van der Waals surface area contributed by atoms with E-state index < -0.39 is 18.1 Å². The number of aryl methyl sites for hydroxylation is 1. The molecule has 0 unspecified atom stereocenters. The zero-order valence-electron chi connectivity index (χ0n) is 13.4. The van der Waals surface area contributed by atoms with Crippen LogP contribution in [-0.4, -0.2) is 32.4 Å². The second-order valence-electron chi connectivity index (χ2n) is 5.41. The van der Waals surface area contributed by atoms with Crippen molar-refractivity contribution in [1.29, 1.82) is 0 Å². The third-order valence-electron chi connectivity index (χ3n) is 3.51. The van der Waals surface area contributed by atoms with Crippen molar-refractivity contribution in [3.63, 3.8) is 0 Å². The fourth-order valence-electron chi connectivity index (χ4n) is 2.37. The number of carboxylic acid groups (broad SMARTS) is 1. The van der Waals surface area contributed by atoms with Crippen LogP contribution in [0.1, 0.15) is 16.1 Å². The van der Waals surface area contributed by atoms with Crippen molar-refractivity contribution in [3.8, 4) is 22.7 Å². The van der Waals surface area contributed by atoms with Crippen molar-refractivity contribution in [1.82, 2.24) is 15.0 Å². The molecule has 1 heterocycles. The van der Waals surface area contributed by atoms with E-state index in [-0.39, 0.29) is 11.4 Å². The number of aromatic nitrogens is 3. The lowest BCUT2D eigenvalue weighted by molar-refractivity contribution is -0.274. The molecule has 0 bridgehead atoms. The molecule has 0 fully saturated rings. The Morgan fingerprint density at radius 3 is 2.23 bits per heavy atom. The summed E-state index contributed by atoms with van der Waals surface area (Å²) in [5, 5.41) is 16.9. The molecule has 2 aromatic carbocycles. The van der Waals surface area contributed by atoms with Gasteiger partial charge in [0.25, 0.3) is 0 Å². The largest absolute Gasteiger partial charge is 0.573 e. The van der Waals surface area contributed by atoms with E-state index in [4.69, 9.17) is 0 Å². The Morgan fingerprint density at radius 1 is 1.08 bits per heavy atom. The van der Waals surface area contributed by atoms with Crippen molar-refractivity contribution in [3.05, 3.63) is 59.8 Å². The number of carbonyl (C=O) groups is 1. The summed E-state index contributed by atoms with van der Waals surface area (Å²) in [6.07, 6.45) is -4.79. The molecule has 3 aromatic rings. The zero-order valence-corrected chi connectivity index (χ0v) is 13.4. The molecule has 0 saturated heterocycles. The van der Waals surface area contributed by atoms with Crippen LogP contribution in [0, 0.1) is 6.92 Å². The standard InChI is InChI=1S/C17H12F3N3O3/c1-10-2-4-11(5-3-10)15-14(16(24)25)21-22-23(15)12-6-8-13(9-7-12)26-17(18,19)20/h2-9H,1H3,(H,24,25). The minimum atomic E-state index is -4.79. The monoisotopic (exact) mass is 363 g/mol. The first-order valence-corrected chi connectivity index (χ1v) is 7.37. The lowest BCUT2D eigenvalue weighted by atomic mass is 10.1. The summed E-state index contributed by atoms with van der Waals surface area (Å²) in [6, 6.07) is 11.9. The van der Waals surface area contributed by atoms with Crippen molar-refractivity contribution in [2.24, 2.45) is 0 Å². The lowest BCUT2D eigenvalue weighted by Gasteiger charge is -2.11. The van der Waals surface area contributed by atoms with Gasteiger partial charge in [0, 0.05) is 5.56 Å². The van der Waals surface area contributed by atoms with E-state index in [1.165, 1.54) is 16.8 Å². The number of carboxylic acids is 1. The highest BCUT2D eigenvalue weighted by Crippen LogP contribution is 2.28. The molecule has 134 valence electrons. The number of hydrogen-bond acceptors (Lipinski definition) is 4. The minimum absolute atomic E-state index is 0.224. The van der Waals surface area contributed by atoms with Gasteiger partial charge in [-0.1, -0.05) is 35.0 Å². The molecule has 0 aliphatic carbocycles. The van der Waals surface area contributed by atoms with Crippen molar-refractivity contribution < 1.29 is 27.8 Å². The molecule has 26 heavy (non-hydrogen) atoms. The van der Waals surface area contributed by atoms with Gasteiger partial charge in [-0.3, -0.25) is 0 Å². The van der Waals surface area contributed by atoms with Gasteiger partial charge < -0.3 is 9.84 Å². The molecule has 1 N–H and O–H groups in total. The van der Waals surface area contributed by atoms with E-state index in [0.717, 1.165) is 17.7 Å². The Hall–Kier alpha value is -3.36. The maximum Gasteiger partial charge on any atom is 0.573 e. The number of benzene rings is 2. The van der Waals surface area contributed by atoms with E-state index in [2.05, 4.69) is 15.0 Å². The number of aromatic carboxylic acids is 1. The van der Waals surface area contributed by atoms with E-state index >= 15 is 0 Å². The van der Waals surface area contributed by atoms with Gasteiger partial charge in [-0.25, -0.2) is 9.48 Å². The Bertz CT molecular complexity index is 933. The Balaban J connectivity index is 2.05. The summed E-state index contributed by atoms with van der Waals surface area (Å²) in [6.45, 7) is 1.89. The summed E-state index contributed by atoms with van der Waals surface area (Å²) < 4.78 is 41.9. The van der Waals surface area contributed by atoms with E-state index in [1.54, 1.807) is 24.3 Å². The van der Waals surface area contributed by atoms with Gasteiger partial charge >= 0.3 is 12.3 Å². The number of ether oxygens (including phenoxy) is 1. The molecule has 1 aromatic heterocycles. The van der Waals surface area contributed by atoms with Gasteiger partial charge in [0.1, 0.15) is 11.4 Å². The number of halogens is 3. The van der Waals surface area contributed by atoms with Crippen LogP contribution in [0.25, 0.3) is 16.9 Å². The molecule has 0 amide bonds. The van der Waals surface area contributed by atoms with Crippen LogP contribution in [0.5, 0.6) is 5.75 Å². The zero-order chi connectivity index (χ0) is 18.9. The summed E-state index contributed by atoms with van der Waals surface area (Å²) >= 11 is 0. The molecule has 9 heteroatoms. The van der Waals surface area contributed by atoms with Crippen LogP contribution in [0.15, 0.2) is 48.5 Å². The molecule has 0 radical (unpaired) electrons. The van der Waals surface area contributed by atoms with E-state index in [9.17, 15) is 23.1 Å². The number of alkyl halides is 3. The Kier molecular flexibility index (Phi) is 4.37. The van der Waals surface area contributed by atoms with Crippen LogP contribution >= 0.6 is 0 Å². The third kappa shape index (κ3) is 3.66. The molecule has 0 saturated carbocycles. The van der Waals surface area contributed by atoms with Crippen LogP contribution in [0.2, 0.25) is 0 Å². The summed E-state index contributed by atoms with van der Waals surface area (Å²) in [4.78, 5) is 11.5. The fraction of sp³-hybridized carbons (Fsp3) is 0.118. The summed E-state index contributed by atoms with van der Waals surface area (Å²) in [5.74, 6) is -1.65. The highest BCUT2D eigenvalue weighted by molar-refractivity contribution is 5.93. The van der Waals surface area contributed by atoms with Crippen LogP contribution in [0.4, 0.5) is 13.2 Å². The predicted octanol–water partition coefficient (Wildman–Crippen LogP) is 3.84. The fourth-order valence-corrected chi connectivity index (χ4v) is 2.37. The van der Waals surface area contributed by atoms with Gasteiger partial charge in [-0.15, -0.1) is 18.3 Å². The smallest absolute Gasteiger partial charge is 0.476 e. The van der Waals surface area contributed by atoms with Gasteiger partial charge in [0.2, 0.25) is 0 Å². The molecule has 0 aliphatic rings. The third-order valence-corrected chi connectivity index (χ3v) is 3.51. The maximum atomic E-state index is 12.3. The summed E-state index contributed by atoms with van der Waals surface area (Å²) in [5.41, 5.74) is 1.86. The molecule has 6 nitrogen and oxygen atoms in total. The number of nitrogens with zero attached hydrogens (tertiary/aromatic N) is 3. The Labute approximate surface area is 145 Å². The molecular formula is C17H12F3N3O3. The lowest BCUT2D eigenvalue weighted by Crippen LogP contribution is -2.17. The molecule has 3 rings (SSSR count). The Morgan fingerprint density at radius 2 is 1.69 bits per heavy atom. The van der Waals surface area contributed by atoms with Gasteiger partial charge in [-0.05, 0) is 31.2 Å². The molecule has 0 aliphatic heterocycles. The maximum absolute atomic E-state index is 12.3. The topological polar surface area (TPSA) is 77.2 Å². The highest BCUT2D eigenvalue weighted by Gasteiger charge is 2.31. The van der Waals surface area contributed by atoms with Crippen molar-refractivity contribution >= 4 is 5.97 Å². The second kappa shape index (κ2) is 6.51. The van der Waals surface area contributed by atoms with Crippen molar-refractivity contribution in [2.45, 2.75) is 13.3 Å². The van der Waals surface area contributed by atoms with Crippen LogP contribution in [-0.2, 0) is 0 Å². The summed E-state index contributed by atoms with van der Waals surface area (Å²) in [7, 11) is 0. The predicted molar refractivity (Wildman–Crippen MR) is 85.2 cm³/mol. The average molecular weight is 363 g/mol. The van der Waals surface area contributed by atoms with Gasteiger partial charge in [0.15, 0.2) is 5.69 Å². The molecular weight excluding hydrogens is 351 g/mol. The first kappa shape index (κ1) is 17.5.